The predicted molar refractivity (Wildman–Crippen MR) is 113 cm³/mol. The van der Waals surface area contributed by atoms with Crippen molar-refractivity contribution < 1.29 is 5.11 Å². The molecule has 0 atom stereocenters. The third kappa shape index (κ3) is 2.78. The van der Waals surface area contributed by atoms with E-state index in [9.17, 15) is 19.5 Å². The second-order valence-electron chi connectivity index (χ2n) is 7.08. The number of hydrogen-bond acceptors (Lipinski definition) is 5. The zero-order valence-corrected chi connectivity index (χ0v) is 16.9. The molecule has 0 saturated heterocycles. The van der Waals surface area contributed by atoms with Crippen molar-refractivity contribution in [1.29, 1.82) is 0 Å². The van der Waals surface area contributed by atoms with Crippen LogP contribution < -0.4 is 16.8 Å². The summed E-state index contributed by atoms with van der Waals surface area (Å²) in [4.78, 5) is 42.9. The van der Waals surface area contributed by atoms with Crippen LogP contribution in [0.25, 0.3) is 16.9 Å². The molecule has 1 N–H and O–H groups in total. The molecule has 1 aromatic carbocycles. The lowest BCUT2D eigenvalue weighted by atomic mass is 10.2. The van der Waals surface area contributed by atoms with Gasteiger partial charge in [-0.1, -0.05) is 42.5 Å². The molecule has 0 amide bonds. The molecule has 154 valence electrons. The molecule has 9 heteroatoms. The van der Waals surface area contributed by atoms with Gasteiger partial charge in [0.15, 0.2) is 11.2 Å². The highest BCUT2D eigenvalue weighted by Gasteiger charge is 2.23. The number of hydrogen-bond donors (Lipinski definition) is 1. The highest BCUT2D eigenvalue weighted by Crippen LogP contribution is 2.22. The van der Waals surface area contributed by atoms with Gasteiger partial charge in [-0.2, -0.15) is 4.98 Å². The molecule has 9 nitrogen and oxygen atoms in total. The molecular weight excluding hydrogens is 386 g/mol. The van der Waals surface area contributed by atoms with Crippen molar-refractivity contribution in [2.45, 2.75) is 19.9 Å². The molecule has 4 rings (SSSR count). The fourth-order valence-electron chi connectivity index (χ4n) is 3.57. The summed E-state index contributed by atoms with van der Waals surface area (Å²) in [5.41, 5.74) is -0.588. The molecule has 4 aromatic rings. The topological polar surface area (TPSA) is 104 Å². The third-order valence-corrected chi connectivity index (χ3v) is 5.21. The number of rotatable bonds is 4. The molecule has 0 spiro atoms. The summed E-state index contributed by atoms with van der Waals surface area (Å²) in [5.74, 6) is -0.120. The van der Waals surface area contributed by atoms with E-state index in [1.165, 1.54) is 27.6 Å². The van der Waals surface area contributed by atoms with Crippen LogP contribution >= 0.6 is 0 Å². The Balaban J connectivity index is 2.20. The van der Waals surface area contributed by atoms with Gasteiger partial charge in [-0.3, -0.25) is 23.3 Å². The maximum absolute atomic E-state index is 13.3. The predicted octanol–water partition coefficient (Wildman–Crippen LogP) is 0.919. The summed E-state index contributed by atoms with van der Waals surface area (Å²) in [6.45, 7) is 2.05. The Morgan fingerprint density at radius 1 is 1.03 bits per heavy atom. The summed E-state index contributed by atoms with van der Waals surface area (Å²) in [7, 11) is 2.84. The quantitative estimate of drug-likeness (QED) is 0.507. The molecule has 0 radical (unpaired) electrons. The number of allylic oxidation sites excluding steroid dienone is 2. The van der Waals surface area contributed by atoms with Gasteiger partial charge in [-0.15, -0.1) is 0 Å². The molecule has 0 aliphatic heterocycles. The smallest absolute Gasteiger partial charge is 0.332 e. The fourth-order valence-corrected chi connectivity index (χ4v) is 3.57. The van der Waals surface area contributed by atoms with Crippen molar-refractivity contribution in [2.75, 3.05) is 0 Å². The van der Waals surface area contributed by atoms with E-state index in [-0.39, 0.29) is 41.4 Å². The number of benzene rings is 1. The zero-order valence-electron chi connectivity index (χ0n) is 16.9. The van der Waals surface area contributed by atoms with Crippen LogP contribution in [0.3, 0.4) is 0 Å². The van der Waals surface area contributed by atoms with Crippen molar-refractivity contribution in [3.63, 3.8) is 0 Å². The fraction of sp³-hybridized carbons (Fsp3) is 0.238. The molecule has 0 fully saturated rings. The van der Waals surface area contributed by atoms with Gasteiger partial charge in [0.2, 0.25) is 11.7 Å². The molecule has 0 bridgehead atoms. The summed E-state index contributed by atoms with van der Waals surface area (Å²) in [6.07, 6.45) is 3.72. The van der Waals surface area contributed by atoms with Crippen molar-refractivity contribution in [3.05, 3.63) is 84.8 Å². The van der Waals surface area contributed by atoms with Gasteiger partial charge in [0.25, 0.3) is 11.1 Å². The van der Waals surface area contributed by atoms with E-state index in [0.717, 1.165) is 10.1 Å². The Labute approximate surface area is 170 Å². The Morgan fingerprint density at radius 3 is 2.40 bits per heavy atom. The van der Waals surface area contributed by atoms with E-state index in [0.29, 0.717) is 0 Å². The van der Waals surface area contributed by atoms with E-state index in [2.05, 4.69) is 4.98 Å². The van der Waals surface area contributed by atoms with Gasteiger partial charge in [0, 0.05) is 20.5 Å². The minimum Gasteiger partial charge on any atom is -0.494 e. The maximum atomic E-state index is 13.3. The Kier molecular flexibility index (Phi) is 4.65. The lowest BCUT2D eigenvalue weighted by Crippen LogP contribution is -2.38. The second kappa shape index (κ2) is 7.18. The molecule has 0 aliphatic rings. The molecule has 0 unspecified atom stereocenters. The Hall–Kier alpha value is -3.88. The van der Waals surface area contributed by atoms with Crippen molar-refractivity contribution in [3.8, 4) is 5.88 Å². The Morgan fingerprint density at radius 2 is 1.73 bits per heavy atom. The van der Waals surface area contributed by atoms with Gasteiger partial charge < -0.3 is 5.11 Å². The summed E-state index contributed by atoms with van der Waals surface area (Å²) >= 11 is 0. The summed E-state index contributed by atoms with van der Waals surface area (Å²) in [6, 6.07) is 9.39. The first-order valence-corrected chi connectivity index (χ1v) is 9.44. The first-order chi connectivity index (χ1) is 14.4. The molecular formula is C21H21N5O4. The number of imidazole rings is 1. The van der Waals surface area contributed by atoms with Crippen molar-refractivity contribution in [2.24, 2.45) is 14.1 Å². The molecule has 3 heterocycles. The monoisotopic (exact) mass is 407 g/mol. The van der Waals surface area contributed by atoms with Crippen LogP contribution in [-0.4, -0.2) is 28.2 Å². The first-order valence-electron chi connectivity index (χ1n) is 9.44. The van der Waals surface area contributed by atoms with Gasteiger partial charge in [0.1, 0.15) is 0 Å². The molecule has 0 saturated carbocycles. The highest BCUT2D eigenvalue weighted by atomic mass is 16.3. The standard InChI is InChI=1S/C21H21N5O4/c1-4-5-11-14-17(27)25(12-13-9-7-6-8-10-13)20-22-16-15(26(20)18(14)28)19(29)24(3)21(30)23(16)2/h4-10,27H,11-12H2,1-3H3/b5-4+. The van der Waals surface area contributed by atoms with Crippen LogP contribution in [0.1, 0.15) is 18.1 Å². The number of aromatic hydroxyl groups is 1. The highest BCUT2D eigenvalue weighted by molar-refractivity contribution is 5.75. The molecule has 3 aromatic heterocycles. The van der Waals surface area contributed by atoms with E-state index in [1.54, 1.807) is 12.2 Å². The SMILES string of the molecule is C/C=C/Cc1c(O)n(Cc2ccccc2)c2nc3c(c(=O)n(C)c(=O)n3C)n2c1=O. The van der Waals surface area contributed by atoms with Crippen LogP contribution in [0.5, 0.6) is 5.88 Å². The van der Waals surface area contributed by atoms with Crippen LogP contribution in [-0.2, 0) is 27.1 Å². The first kappa shape index (κ1) is 19.4. The Bertz CT molecular complexity index is 1490. The molecule has 0 aliphatic carbocycles. The molecule has 30 heavy (non-hydrogen) atoms. The zero-order chi connectivity index (χ0) is 21.6. The number of nitrogens with zero attached hydrogens (tertiary/aromatic N) is 5. The van der Waals surface area contributed by atoms with E-state index in [1.807, 2.05) is 37.3 Å². The largest absolute Gasteiger partial charge is 0.494 e. The van der Waals surface area contributed by atoms with Gasteiger partial charge in [0.05, 0.1) is 12.1 Å². The summed E-state index contributed by atoms with van der Waals surface area (Å²) < 4.78 is 4.84. The summed E-state index contributed by atoms with van der Waals surface area (Å²) in [5, 5.41) is 11.0. The van der Waals surface area contributed by atoms with E-state index < -0.39 is 16.8 Å². The van der Waals surface area contributed by atoms with Crippen molar-refractivity contribution in [1.82, 2.24) is 23.1 Å². The van der Waals surface area contributed by atoms with Crippen LogP contribution in [0.4, 0.5) is 0 Å². The second-order valence-corrected chi connectivity index (χ2v) is 7.08. The van der Waals surface area contributed by atoms with Gasteiger partial charge >= 0.3 is 5.69 Å². The van der Waals surface area contributed by atoms with E-state index >= 15 is 0 Å². The van der Waals surface area contributed by atoms with Crippen LogP contribution in [0, 0.1) is 0 Å². The minimum atomic E-state index is -0.619. The van der Waals surface area contributed by atoms with Gasteiger partial charge in [-0.25, -0.2) is 9.20 Å². The lowest BCUT2D eigenvalue weighted by molar-refractivity contribution is 0.413. The normalized spacial score (nSPS) is 11.8. The average molecular weight is 407 g/mol. The van der Waals surface area contributed by atoms with Crippen LogP contribution in [0.15, 0.2) is 56.9 Å². The lowest BCUT2D eigenvalue weighted by Gasteiger charge is -2.14. The number of aryl methyl sites for hydroxylation is 1. The maximum Gasteiger partial charge on any atom is 0.332 e. The van der Waals surface area contributed by atoms with E-state index in [4.69, 9.17) is 0 Å². The third-order valence-electron chi connectivity index (χ3n) is 5.21. The van der Waals surface area contributed by atoms with Gasteiger partial charge in [-0.05, 0) is 12.5 Å². The number of fused-ring (bicyclic) bond motifs is 3. The number of aromatic nitrogens is 5. The average Bonchev–Trinajstić information content (AvgIpc) is 3.15. The minimum absolute atomic E-state index is 0.00291. The van der Waals surface area contributed by atoms with Crippen molar-refractivity contribution >= 4 is 16.9 Å². The van der Waals surface area contributed by atoms with Crippen LogP contribution in [0.2, 0.25) is 0 Å².